The van der Waals surface area contributed by atoms with Crippen LogP contribution in [0.1, 0.15) is 5.56 Å². The Labute approximate surface area is 108 Å². The first kappa shape index (κ1) is 11.4. The Morgan fingerprint density at radius 1 is 1.05 bits per heavy atom. The highest BCUT2D eigenvalue weighted by molar-refractivity contribution is 5.75. The SMILES string of the molecule is O=c1[nH]n(Cc2ccccc2)c(=O)c2cccnc12. The molecule has 0 amide bonds. The largest absolute Gasteiger partial charge is 0.289 e. The number of hydrogen-bond donors (Lipinski definition) is 1. The van der Waals surface area contributed by atoms with Crippen LogP contribution in [0.2, 0.25) is 0 Å². The first-order chi connectivity index (χ1) is 9.25. The molecule has 0 spiro atoms. The van der Waals surface area contributed by atoms with Gasteiger partial charge in [-0.25, -0.2) is 4.68 Å². The highest BCUT2D eigenvalue weighted by atomic mass is 16.2. The molecule has 0 bridgehead atoms. The van der Waals surface area contributed by atoms with Crippen molar-refractivity contribution in [1.29, 1.82) is 0 Å². The molecule has 0 aliphatic heterocycles. The van der Waals surface area contributed by atoms with Crippen LogP contribution in [-0.2, 0) is 6.54 Å². The van der Waals surface area contributed by atoms with Crippen LogP contribution < -0.4 is 11.1 Å². The predicted molar refractivity (Wildman–Crippen MR) is 72.2 cm³/mol. The molecule has 0 radical (unpaired) electrons. The summed E-state index contributed by atoms with van der Waals surface area (Å²) >= 11 is 0. The summed E-state index contributed by atoms with van der Waals surface area (Å²) in [5, 5.41) is 2.89. The minimum absolute atomic E-state index is 0.178. The molecule has 0 saturated carbocycles. The molecule has 5 nitrogen and oxygen atoms in total. The van der Waals surface area contributed by atoms with Gasteiger partial charge in [-0.05, 0) is 17.7 Å². The van der Waals surface area contributed by atoms with Crippen LogP contribution in [-0.4, -0.2) is 14.8 Å². The molecule has 2 aromatic heterocycles. The summed E-state index contributed by atoms with van der Waals surface area (Å²) < 4.78 is 1.31. The molecule has 0 aliphatic rings. The molecule has 0 aliphatic carbocycles. The van der Waals surface area contributed by atoms with Gasteiger partial charge >= 0.3 is 0 Å². The Bertz CT molecular complexity index is 834. The Hall–Kier alpha value is -2.69. The maximum atomic E-state index is 12.2. The average molecular weight is 253 g/mol. The van der Waals surface area contributed by atoms with Gasteiger partial charge in [-0.15, -0.1) is 0 Å². The lowest BCUT2D eigenvalue weighted by atomic mass is 10.2. The van der Waals surface area contributed by atoms with Gasteiger partial charge in [-0.1, -0.05) is 30.3 Å². The fourth-order valence-corrected chi connectivity index (χ4v) is 2.01. The second kappa shape index (κ2) is 4.53. The van der Waals surface area contributed by atoms with Crippen LogP contribution in [0.5, 0.6) is 0 Å². The molecule has 94 valence electrons. The van der Waals surface area contributed by atoms with Gasteiger partial charge in [0.25, 0.3) is 11.1 Å². The highest BCUT2D eigenvalue weighted by Gasteiger charge is 2.07. The second-order valence-corrected chi connectivity index (χ2v) is 4.22. The van der Waals surface area contributed by atoms with Crippen LogP contribution in [0.25, 0.3) is 10.9 Å². The summed E-state index contributed by atoms with van der Waals surface area (Å²) in [4.78, 5) is 28.0. The summed E-state index contributed by atoms with van der Waals surface area (Å²) in [5.41, 5.74) is 0.526. The summed E-state index contributed by atoms with van der Waals surface area (Å²) in [6, 6.07) is 12.7. The quantitative estimate of drug-likeness (QED) is 0.744. The molecule has 1 N–H and O–H groups in total. The van der Waals surface area contributed by atoms with Crippen LogP contribution in [0.3, 0.4) is 0 Å². The molecule has 0 fully saturated rings. The number of nitrogens with one attached hydrogen (secondary N) is 1. The van der Waals surface area contributed by atoms with Crippen molar-refractivity contribution in [3.8, 4) is 0 Å². The average Bonchev–Trinajstić information content (AvgIpc) is 2.46. The zero-order chi connectivity index (χ0) is 13.2. The number of nitrogens with zero attached hydrogens (tertiary/aromatic N) is 2. The summed E-state index contributed by atoms with van der Waals surface area (Å²) in [6.07, 6.45) is 1.50. The van der Waals surface area contributed by atoms with Gasteiger partial charge in [0.15, 0.2) is 0 Å². The summed E-state index contributed by atoms with van der Waals surface area (Å²) in [7, 11) is 0. The van der Waals surface area contributed by atoms with E-state index >= 15 is 0 Å². The molecule has 3 rings (SSSR count). The van der Waals surface area contributed by atoms with E-state index in [1.54, 1.807) is 12.1 Å². The number of rotatable bonds is 2. The van der Waals surface area contributed by atoms with Gasteiger partial charge in [-0.2, -0.15) is 0 Å². The minimum Gasteiger partial charge on any atom is -0.267 e. The van der Waals surface area contributed by atoms with E-state index in [2.05, 4.69) is 10.1 Å². The molecule has 19 heavy (non-hydrogen) atoms. The van der Waals surface area contributed by atoms with Gasteiger partial charge < -0.3 is 0 Å². The number of aromatic nitrogens is 3. The van der Waals surface area contributed by atoms with E-state index in [4.69, 9.17) is 0 Å². The highest BCUT2D eigenvalue weighted by Crippen LogP contribution is 2.02. The number of fused-ring (bicyclic) bond motifs is 1. The lowest BCUT2D eigenvalue weighted by molar-refractivity contribution is 0.636. The topological polar surface area (TPSA) is 67.8 Å². The van der Waals surface area contributed by atoms with Crippen LogP contribution in [0.15, 0.2) is 58.3 Å². The maximum Gasteiger partial charge on any atom is 0.289 e. The Morgan fingerprint density at radius 3 is 2.63 bits per heavy atom. The van der Waals surface area contributed by atoms with Gasteiger partial charge in [0.2, 0.25) is 0 Å². The molecule has 3 aromatic rings. The Kier molecular flexibility index (Phi) is 2.72. The lowest BCUT2D eigenvalue weighted by Gasteiger charge is -2.06. The van der Waals surface area contributed by atoms with E-state index < -0.39 is 0 Å². The predicted octanol–water partition coefficient (Wildman–Crippen LogP) is 1.13. The molecular formula is C14H11N3O2. The number of pyridine rings is 1. The third-order valence-corrected chi connectivity index (χ3v) is 2.92. The zero-order valence-corrected chi connectivity index (χ0v) is 10.0. The number of aromatic amines is 1. The van der Waals surface area contributed by atoms with Crippen molar-refractivity contribution in [1.82, 2.24) is 14.8 Å². The Morgan fingerprint density at radius 2 is 1.84 bits per heavy atom. The minimum atomic E-state index is -0.355. The van der Waals surface area contributed by atoms with Crippen molar-refractivity contribution in [3.63, 3.8) is 0 Å². The van der Waals surface area contributed by atoms with E-state index in [0.717, 1.165) is 5.56 Å². The van der Waals surface area contributed by atoms with E-state index in [0.29, 0.717) is 11.9 Å². The van der Waals surface area contributed by atoms with E-state index in [1.807, 2.05) is 30.3 Å². The number of H-pyrrole nitrogens is 1. The van der Waals surface area contributed by atoms with E-state index in [1.165, 1.54) is 10.9 Å². The van der Waals surface area contributed by atoms with Crippen LogP contribution in [0.4, 0.5) is 0 Å². The second-order valence-electron chi connectivity index (χ2n) is 4.22. The molecule has 0 saturated heterocycles. The number of hydrogen-bond acceptors (Lipinski definition) is 3. The maximum absolute atomic E-state index is 12.2. The monoisotopic (exact) mass is 253 g/mol. The van der Waals surface area contributed by atoms with Crippen LogP contribution >= 0.6 is 0 Å². The van der Waals surface area contributed by atoms with Gasteiger partial charge in [0.05, 0.1) is 11.9 Å². The molecular weight excluding hydrogens is 242 g/mol. The van der Waals surface area contributed by atoms with E-state index in [9.17, 15) is 9.59 Å². The van der Waals surface area contributed by atoms with Gasteiger partial charge in [0, 0.05) is 6.20 Å². The van der Waals surface area contributed by atoms with Crippen molar-refractivity contribution in [2.45, 2.75) is 6.54 Å². The fraction of sp³-hybridized carbons (Fsp3) is 0.0714. The molecule has 0 unspecified atom stereocenters. The van der Waals surface area contributed by atoms with Crippen molar-refractivity contribution in [3.05, 3.63) is 74.9 Å². The normalized spacial score (nSPS) is 10.7. The van der Waals surface area contributed by atoms with Crippen LogP contribution in [0, 0.1) is 0 Å². The smallest absolute Gasteiger partial charge is 0.267 e. The standard InChI is InChI=1S/C14H11N3O2/c18-13-12-11(7-4-8-15-12)14(19)17(16-13)9-10-5-2-1-3-6-10/h1-8H,9H2,(H,16,18). The van der Waals surface area contributed by atoms with Crippen molar-refractivity contribution in [2.75, 3.05) is 0 Å². The third-order valence-electron chi connectivity index (χ3n) is 2.92. The molecule has 5 heteroatoms. The lowest BCUT2D eigenvalue weighted by Crippen LogP contribution is -2.30. The number of benzene rings is 1. The summed E-state index contributed by atoms with van der Waals surface area (Å²) in [6.45, 7) is 0.333. The van der Waals surface area contributed by atoms with Crippen molar-refractivity contribution in [2.24, 2.45) is 0 Å². The third kappa shape index (κ3) is 2.06. The zero-order valence-electron chi connectivity index (χ0n) is 10.0. The van der Waals surface area contributed by atoms with Gasteiger partial charge in [0.1, 0.15) is 5.52 Å². The summed E-state index contributed by atoms with van der Waals surface area (Å²) in [5.74, 6) is 0. The van der Waals surface area contributed by atoms with Gasteiger partial charge in [-0.3, -0.25) is 19.7 Å². The molecule has 0 atom stereocenters. The fourth-order valence-electron chi connectivity index (χ4n) is 2.01. The van der Waals surface area contributed by atoms with Crippen molar-refractivity contribution >= 4 is 10.9 Å². The van der Waals surface area contributed by atoms with Crippen molar-refractivity contribution < 1.29 is 0 Å². The Balaban J connectivity index is 2.18. The molecule has 2 heterocycles. The molecule has 1 aromatic carbocycles. The first-order valence-corrected chi connectivity index (χ1v) is 5.87. The first-order valence-electron chi connectivity index (χ1n) is 5.87. The van der Waals surface area contributed by atoms with E-state index in [-0.39, 0.29) is 16.6 Å².